The van der Waals surface area contributed by atoms with Gasteiger partial charge in [-0.1, -0.05) is 0 Å². The molecule has 1 amide bonds. The standard InChI is InChI=1S/C23H30N2O5S/c1-6-29-20-11-17-8-9-25(14-19(17)12-21(20)30-7-2)23(26)18-10-15(3)16(4)22(13-18)31(27,28)24-5/h10-13,24H,6-9,14H2,1-5H3. The summed E-state index contributed by atoms with van der Waals surface area (Å²) in [6.45, 7) is 9.46. The Balaban J connectivity index is 1.93. The lowest BCUT2D eigenvalue weighted by atomic mass is 9.97. The molecule has 168 valence electrons. The number of carbonyl (C=O) groups excluding carboxylic acids is 1. The normalized spacial score (nSPS) is 13.6. The summed E-state index contributed by atoms with van der Waals surface area (Å²) < 4.78 is 38.6. The third-order valence-electron chi connectivity index (χ3n) is 5.59. The molecule has 0 spiro atoms. The van der Waals surface area contributed by atoms with Gasteiger partial charge in [-0.05, 0) is 87.7 Å². The second-order valence-corrected chi connectivity index (χ2v) is 9.39. The summed E-state index contributed by atoms with van der Waals surface area (Å²) in [7, 11) is -2.29. The Morgan fingerprint density at radius 1 is 1.03 bits per heavy atom. The van der Waals surface area contributed by atoms with E-state index in [1.54, 1.807) is 17.9 Å². The second kappa shape index (κ2) is 9.28. The van der Waals surface area contributed by atoms with Crippen molar-refractivity contribution in [3.63, 3.8) is 0 Å². The van der Waals surface area contributed by atoms with Crippen molar-refractivity contribution in [1.82, 2.24) is 9.62 Å². The average Bonchev–Trinajstić information content (AvgIpc) is 2.75. The Morgan fingerprint density at radius 3 is 2.23 bits per heavy atom. The van der Waals surface area contributed by atoms with Gasteiger partial charge in [-0.2, -0.15) is 0 Å². The molecule has 0 unspecified atom stereocenters. The zero-order valence-electron chi connectivity index (χ0n) is 18.7. The topological polar surface area (TPSA) is 84.9 Å². The summed E-state index contributed by atoms with van der Waals surface area (Å²) in [5.41, 5.74) is 3.92. The highest BCUT2D eigenvalue weighted by Crippen LogP contribution is 2.34. The van der Waals surface area contributed by atoms with Crippen LogP contribution in [0.3, 0.4) is 0 Å². The van der Waals surface area contributed by atoms with Crippen molar-refractivity contribution < 1.29 is 22.7 Å². The van der Waals surface area contributed by atoms with Crippen LogP contribution in [0.4, 0.5) is 0 Å². The molecule has 1 heterocycles. The number of fused-ring (bicyclic) bond motifs is 1. The maximum Gasteiger partial charge on any atom is 0.254 e. The molecule has 0 fully saturated rings. The monoisotopic (exact) mass is 446 g/mol. The summed E-state index contributed by atoms with van der Waals surface area (Å²) in [6.07, 6.45) is 0.695. The van der Waals surface area contributed by atoms with Crippen LogP contribution in [0.25, 0.3) is 0 Å². The number of amides is 1. The molecule has 2 aromatic rings. The minimum absolute atomic E-state index is 0.135. The minimum atomic E-state index is -3.66. The van der Waals surface area contributed by atoms with Gasteiger partial charge in [0.05, 0.1) is 18.1 Å². The fraction of sp³-hybridized carbons (Fsp3) is 0.435. The number of nitrogens with zero attached hydrogens (tertiary/aromatic N) is 1. The van der Waals surface area contributed by atoms with Gasteiger partial charge in [0.2, 0.25) is 10.0 Å². The van der Waals surface area contributed by atoms with Crippen LogP contribution in [0.15, 0.2) is 29.2 Å². The molecule has 0 aromatic heterocycles. The molecule has 8 heteroatoms. The average molecular weight is 447 g/mol. The van der Waals surface area contributed by atoms with Crippen molar-refractivity contribution in [1.29, 1.82) is 0 Å². The van der Waals surface area contributed by atoms with Gasteiger partial charge in [0.1, 0.15) is 0 Å². The van der Waals surface area contributed by atoms with Gasteiger partial charge in [-0.25, -0.2) is 13.1 Å². The minimum Gasteiger partial charge on any atom is -0.490 e. The third kappa shape index (κ3) is 4.70. The molecule has 3 rings (SSSR count). The van der Waals surface area contributed by atoms with Crippen LogP contribution in [-0.4, -0.2) is 46.0 Å². The fourth-order valence-electron chi connectivity index (χ4n) is 3.80. The number of ether oxygens (including phenoxy) is 2. The van der Waals surface area contributed by atoms with E-state index >= 15 is 0 Å². The van der Waals surface area contributed by atoms with Crippen LogP contribution in [0.5, 0.6) is 11.5 Å². The summed E-state index contributed by atoms with van der Waals surface area (Å²) in [5, 5.41) is 0. The SMILES string of the molecule is CCOc1cc2c(cc1OCC)CN(C(=O)c1cc(C)c(C)c(S(=O)(=O)NC)c1)CC2. The number of hydrogen-bond donors (Lipinski definition) is 1. The fourth-order valence-corrected chi connectivity index (χ4v) is 4.86. The van der Waals surface area contributed by atoms with Gasteiger partial charge >= 0.3 is 0 Å². The molecule has 1 aliphatic rings. The van der Waals surface area contributed by atoms with Crippen LogP contribution < -0.4 is 14.2 Å². The lowest BCUT2D eigenvalue weighted by Crippen LogP contribution is -2.36. The first-order valence-corrected chi connectivity index (χ1v) is 12.0. The molecular weight excluding hydrogens is 416 g/mol. The van der Waals surface area contributed by atoms with Crippen molar-refractivity contribution in [3.8, 4) is 11.5 Å². The number of aryl methyl sites for hydroxylation is 1. The molecule has 0 radical (unpaired) electrons. The van der Waals surface area contributed by atoms with E-state index in [0.717, 1.165) is 22.4 Å². The van der Waals surface area contributed by atoms with Crippen LogP contribution >= 0.6 is 0 Å². The van der Waals surface area contributed by atoms with E-state index in [0.29, 0.717) is 49.6 Å². The first kappa shape index (κ1) is 23.1. The molecule has 0 saturated heterocycles. The second-order valence-electron chi connectivity index (χ2n) is 7.53. The van der Waals surface area contributed by atoms with Gasteiger partial charge in [0.15, 0.2) is 11.5 Å². The molecular formula is C23H30N2O5S. The number of nitrogens with one attached hydrogen (secondary N) is 1. The third-order valence-corrected chi connectivity index (χ3v) is 7.13. The zero-order valence-corrected chi connectivity index (χ0v) is 19.6. The van der Waals surface area contributed by atoms with E-state index in [9.17, 15) is 13.2 Å². The van der Waals surface area contributed by atoms with Crippen molar-refractivity contribution >= 4 is 15.9 Å². The molecule has 0 saturated carbocycles. The zero-order chi connectivity index (χ0) is 22.8. The number of hydrogen-bond acceptors (Lipinski definition) is 5. The van der Waals surface area contributed by atoms with E-state index in [-0.39, 0.29) is 10.8 Å². The first-order chi connectivity index (χ1) is 14.7. The predicted molar refractivity (Wildman–Crippen MR) is 119 cm³/mol. The van der Waals surface area contributed by atoms with Crippen LogP contribution in [-0.2, 0) is 23.0 Å². The van der Waals surface area contributed by atoms with Crippen LogP contribution in [0.2, 0.25) is 0 Å². The Bertz CT molecular complexity index is 1100. The van der Waals surface area contributed by atoms with Crippen LogP contribution in [0.1, 0.15) is 46.5 Å². The Morgan fingerprint density at radius 2 is 1.65 bits per heavy atom. The Hall–Kier alpha value is -2.58. The summed E-state index contributed by atoms with van der Waals surface area (Å²) in [6, 6.07) is 7.17. The number of benzene rings is 2. The first-order valence-electron chi connectivity index (χ1n) is 10.5. The largest absolute Gasteiger partial charge is 0.490 e. The van der Waals surface area contributed by atoms with Gasteiger partial charge in [0.25, 0.3) is 5.91 Å². The Kier molecular flexibility index (Phi) is 6.91. The van der Waals surface area contributed by atoms with Gasteiger partial charge in [0, 0.05) is 18.7 Å². The van der Waals surface area contributed by atoms with Crippen LogP contribution in [0, 0.1) is 13.8 Å². The van der Waals surface area contributed by atoms with Gasteiger partial charge < -0.3 is 14.4 Å². The van der Waals surface area contributed by atoms with E-state index in [2.05, 4.69) is 4.72 Å². The quantitative estimate of drug-likeness (QED) is 0.706. The lowest BCUT2D eigenvalue weighted by molar-refractivity contribution is 0.0734. The van der Waals surface area contributed by atoms with E-state index in [1.807, 2.05) is 32.9 Å². The molecule has 1 aliphatic heterocycles. The van der Waals surface area contributed by atoms with Crippen molar-refractivity contribution in [2.45, 2.75) is 45.6 Å². The van der Waals surface area contributed by atoms with E-state index in [4.69, 9.17) is 9.47 Å². The Labute approximate surface area is 184 Å². The number of carbonyl (C=O) groups is 1. The van der Waals surface area contributed by atoms with Crippen molar-refractivity contribution in [2.24, 2.45) is 0 Å². The smallest absolute Gasteiger partial charge is 0.254 e. The highest BCUT2D eigenvalue weighted by molar-refractivity contribution is 7.89. The van der Waals surface area contributed by atoms with E-state index < -0.39 is 10.0 Å². The predicted octanol–water partition coefficient (Wildman–Crippen LogP) is 3.21. The highest BCUT2D eigenvalue weighted by Gasteiger charge is 2.26. The summed E-state index contributed by atoms with van der Waals surface area (Å²) >= 11 is 0. The molecule has 2 aromatic carbocycles. The lowest BCUT2D eigenvalue weighted by Gasteiger charge is -2.30. The maximum absolute atomic E-state index is 13.3. The summed E-state index contributed by atoms with van der Waals surface area (Å²) in [5.74, 6) is 1.21. The number of sulfonamides is 1. The van der Waals surface area contributed by atoms with E-state index in [1.165, 1.54) is 13.1 Å². The summed E-state index contributed by atoms with van der Waals surface area (Å²) in [4.78, 5) is 15.2. The number of rotatable bonds is 7. The highest BCUT2D eigenvalue weighted by atomic mass is 32.2. The molecule has 7 nitrogen and oxygen atoms in total. The molecule has 0 atom stereocenters. The van der Waals surface area contributed by atoms with Gasteiger partial charge in [-0.3, -0.25) is 4.79 Å². The van der Waals surface area contributed by atoms with Gasteiger partial charge in [-0.15, -0.1) is 0 Å². The molecule has 1 N–H and O–H groups in total. The maximum atomic E-state index is 13.3. The molecule has 0 bridgehead atoms. The van der Waals surface area contributed by atoms with Crippen molar-refractivity contribution in [2.75, 3.05) is 26.8 Å². The van der Waals surface area contributed by atoms with Crippen molar-refractivity contribution in [3.05, 3.63) is 52.1 Å². The molecule has 31 heavy (non-hydrogen) atoms. The molecule has 0 aliphatic carbocycles.